The molecule has 28 heavy (non-hydrogen) atoms. The Hall–Kier alpha value is -3.05. The van der Waals surface area contributed by atoms with E-state index in [1.807, 2.05) is 65.6 Å². The maximum atomic E-state index is 10.2. The zero-order valence-electron chi connectivity index (χ0n) is 15.8. The number of benzene rings is 3. The molecule has 0 atom stereocenters. The first kappa shape index (κ1) is 19.7. The third-order valence-corrected chi connectivity index (χ3v) is 4.83. The zero-order chi connectivity index (χ0) is 19.8. The number of hydrogen-bond acceptors (Lipinski definition) is 3. The van der Waals surface area contributed by atoms with Gasteiger partial charge in [-0.05, 0) is 42.4 Å². The molecule has 0 saturated carbocycles. The Labute approximate surface area is 171 Å². The Bertz CT molecular complexity index is 915. The van der Waals surface area contributed by atoms with Crippen LogP contribution in [-0.2, 0) is 13.0 Å². The third kappa shape index (κ3) is 5.24. The molecular weight excluding hydrogens is 368 g/mol. The van der Waals surface area contributed by atoms with Crippen LogP contribution in [0, 0.1) is 0 Å². The van der Waals surface area contributed by atoms with Gasteiger partial charge in [-0.25, -0.2) is 0 Å². The van der Waals surface area contributed by atoms with E-state index in [2.05, 4.69) is 17.4 Å². The first-order chi connectivity index (χ1) is 13.7. The SMILES string of the molecule is COc1cccc(N(Cc2ccccc2O)C(=S)NCCc2ccccc2)c1. The fourth-order valence-corrected chi connectivity index (χ4v) is 3.20. The Kier molecular flexibility index (Phi) is 6.87. The zero-order valence-corrected chi connectivity index (χ0v) is 16.7. The molecule has 0 unspecified atom stereocenters. The van der Waals surface area contributed by atoms with Gasteiger partial charge in [0, 0.05) is 23.9 Å². The Morgan fingerprint density at radius 2 is 1.75 bits per heavy atom. The van der Waals surface area contributed by atoms with Crippen LogP contribution in [0.4, 0.5) is 5.69 Å². The number of anilines is 1. The lowest BCUT2D eigenvalue weighted by Gasteiger charge is -2.27. The molecule has 0 spiro atoms. The highest BCUT2D eigenvalue weighted by molar-refractivity contribution is 7.80. The van der Waals surface area contributed by atoms with Gasteiger partial charge in [0.05, 0.1) is 13.7 Å². The molecule has 0 fully saturated rings. The molecule has 3 aromatic rings. The number of hydrogen-bond donors (Lipinski definition) is 2. The first-order valence-corrected chi connectivity index (χ1v) is 9.58. The molecule has 4 nitrogen and oxygen atoms in total. The second-order valence-electron chi connectivity index (χ2n) is 6.38. The number of nitrogens with one attached hydrogen (secondary N) is 1. The molecule has 0 bridgehead atoms. The van der Waals surface area contributed by atoms with E-state index in [1.54, 1.807) is 13.2 Å². The quantitative estimate of drug-likeness (QED) is 0.579. The van der Waals surface area contributed by atoms with Gasteiger partial charge in [0.2, 0.25) is 0 Å². The van der Waals surface area contributed by atoms with E-state index in [9.17, 15) is 5.11 Å². The topological polar surface area (TPSA) is 44.7 Å². The second-order valence-corrected chi connectivity index (χ2v) is 6.77. The lowest BCUT2D eigenvalue weighted by atomic mass is 10.1. The predicted molar refractivity (Wildman–Crippen MR) is 118 cm³/mol. The van der Waals surface area contributed by atoms with Crippen molar-refractivity contribution in [2.45, 2.75) is 13.0 Å². The summed E-state index contributed by atoms with van der Waals surface area (Å²) in [6, 6.07) is 25.3. The van der Waals surface area contributed by atoms with Gasteiger partial charge in [0.1, 0.15) is 11.5 Å². The number of para-hydroxylation sites is 1. The highest BCUT2D eigenvalue weighted by Gasteiger charge is 2.15. The van der Waals surface area contributed by atoms with Gasteiger partial charge in [-0.2, -0.15) is 0 Å². The van der Waals surface area contributed by atoms with Gasteiger partial charge in [-0.3, -0.25) is 0 Å². The lowest BCUT2D eigenvalue weighted by Crippen LogP contribution is -2.40. The summed E-state index contributed by atoms with van der Waals surface area (Å²) in [5, 5.41) is 14.1. The molecule has 0 amide bonds. The first-order valence-electron chi connectivity index (χ1n) is 9.17. The summed E-state index contributed by atoms with van der Waals surface area (Å²) < 4.78 is 5.36. The summed E-state index contributed by atoms with van der Waals surface area (Å²) in [6.07, 6.45) is 0.878. The maximum absolute atomic E-state index is 10.2. The fraction of sp³-hybridized carbons (Fsp3) is 0.174. The van der Waals surface area contributed by atoms with Gasteiger partial charge in [0.25, 0.3) is 0 Å². The smallest absolute Gasteiger partial charge is 0.173 e. The Morgan fingerprint density at radius 3 is 2.50 bits per heavy atom. The lowest BCUT2D eigenvalue weighted by molar-refractivity contribution is 0.415. The molecule has 0 saturated heterocycles. The second kappa shape index (κ2) is 9.76. The largest absolute Gasteiger partial charge is 0.508 e. The summed E-state index contributed by atoms with van der Waals surface area (Å²) in [5.41, 5.74) is 2.96. The van der Waals surface area contributed by atoms with Crippen molar-refractivity contribution >= 4 is 23.0 Å². The van der Waals surface area contributed by atoms with E-state index in [1.165, 1.54) is 5.56 Å². The monoisotopic (exact) mass is 392 g/mol. The number of rotatable bonds is 7. The molecular formula is C23H24N2O2S. The van der Waals surface area contributed by atoms with Crippen LogP contribution in [0.3, 0.4) is 0 Å². The van der Waals surface area contributed by atoms with E-state index in [-0.39, 0.29) is 5.75 Å². The minimum absolute atomic E-state index is 0.252. The van der Waals surface area contributed by atoms with Crippen molar-refractivity contribution in [3.05, 3.63) is 90.0 Å². The van der Waals surface area contributed by atoms with E-state index < -0.39 is 0 Å². The van der Waals surface area contributed by atoms with Crippen LogP contribution in [0.2, 0.25) is 0 Å². The summed E-state index contributed by atoms with van der Waals surface area (Å²) in [4.78, 5) is 1.97. The predicted octanol–water partition coefficient (Wildman–Crippen LogP) is 4.52. The number of phenols is 1. The van der Waals surface area contributed by atoms with Crippen molar-refractivity contribution in [1.82, 2.24) is 5.32 Å². The molecule has 144 valence electrons. The van der Waals surface area contributed by atoms with Gasteiger partial charge >= 0.3 is 0 Å². The number of nitrogens with zero attached hydrogens (tertiary/aromatic N) is 1. The van der Waals surface area contributed by atoms with Crippen LogP contribution in [0.15, 0.2) is 78.9 Å². The highest BCUT2D eigenvalue weighted by atomic mass is 32.1. The highest BCUT2D eigenvalue weighted by Crippen LogP contribution is 2.25. The minimum Gasteiger partial charge on any atom is -0.508 e. The number of ether oxygens (including phenoxy) is 1. The van der Waals surface area contributed by atoms with E-state index in [0.29, 0.717) is 11.7 Å². The molecule has 3 rings (SSSR count). The van der Waals surface area contributed by atoms with Gasteiger partial charge in [-0.15, -0.1) is 0 Å². The summed E-state index contributed by atoms with van der Waals surface area (Å²) in [5.74, 6) is 1.01. The molecule has 0 heterocycles. The number of methoxy groups -OCH3 is 1. The van der Waals surface area contributed by atoms with Crippen LogP contribution < -0.4 is 15.0 Å². The average molecular weight is 393 g/mol. The van der Waals surface area contributed by atoms with Crippen LogP contribution >= 0.6 is 12.2 Å². The Balaban J connectivity index is 1.76. The molecule has 0 radical (unpaired) electrons. The van der Waals surface area contributed by atoms with Crippen LogP contribution in [0.1, 0.15) is 11.1 Å². The van der Waals surface area contributed by atoms with Crippen molar-refractivity contribution in [2.75, 3.05) is 18.6 Å². The summed E-state index contributed by atoms with van der Waals surface area (Å²) in [6.45, 7) is 1.18. The molecule has 0 aliphatic heterocycles. The molecule has 0 aliphatic carbocycles. The van der Waals surface area contributed by atoms with E-state index in [4.69, 9.17) is 17.0 Å². The molecule has 0 aliphatic rings. The Morgan fingerprint density at radius 1 is 1.00 bits per heavy atom. The summed E-state index contributed by atoms with van der Waals surface area (Å²) in [7, 11) is 1.64. The number of phenolic OH excluding ortho intramolecular Hbond substituents is 1. The molecule has 3 aromatic carbocycles. The van der Waals surface area contributed by atoms with Crippen LogP contribution in [0.25, 0.3) is 0 Å². The normalized spacial score (nSPS) is 10.3. The number of aromatic hydroxyl groups is 1. The van der Waals surface area contributed by atoms with E-state index in [0.717, 1.165) is 30.0 Å². The van der Waals surface area contributed by atoms with Crippen molar-refractivity contribution in [2.24, 2.45) is 0 Å². The van der Waals surface area contributed by atoms with Crippen LogP contribution in [0.5, 0.6) is 11.5 Å². The van der Waals surface area contributed by atoms with Crippen LogP contribution in [-0.4, -0.2) is 23.9 Å². The maximum Gasteiger partial charge on any atom is 0.173 e. The van der Waals surface area contributed by atoms with Crippen molar-refractivity contribution < 1.29 is 9.84 Å². The fourth-order valence-electron chi connectivity index (χ4n) is 2.93. The van der Waals surface area contributed by atoms with Gasteiger partial charge in [0.15, 0.2) is 5.11 Å². The average Bonchev–Trinajstić information content (AvgIpc) is 2.74. The van der Waals surface area contributed by atoms with Crippen molar-refractivity contribution in [3.8, 4) is 11.5 Å². The molecule has 2 N–H and O–H groups in total. The van der Waals surface area contributed by atoms with Gasteiger partial charge in [-0.1, -0.05) is 54.6 Å². The molecule has 5 heteroatoms. The van der Waals surface area contributed by atoms with Crippen molar-refractivity contribution in [1.29, 1.82) is 0 Å². The standard InChI is InChI=1S/C23H24N2O2S/c1-27-21-12-7-11-20(16-21)25(17-19-10-5-6-13-22(19)26)23(28)24-15-14-18-8-3-2-4-9-18/h2-13,16,26H,14-15,17H2,1H3,(H,24,28). The van der Waals surface area contributed by atoms with Gasteiger partial charge < -0.3 is 20.1 Å². The van der Waals surface area contributed by atoms with E-state index >= 15 is 0 Å². The minimum atomic E-state index is 0.252. The molecule has 0 aromatic heterocycles. The number of thiocarbonyl (C=S) groups is 1. The van der Waals surface area contributed by atoms with Crippen molar-refractivity contribution in [3.63, 3.8) is 0 Å². The third-order valence-electron chi connectivity index (χ3n) is 4.46. The summed E-state index contributed by atoms with van der Waals surface area (Å²) >= 11 is 5.69.